The van der Waals surface area contributed by atoms with Gasteiger partial charge >= 0.3 is 5.97 Å². The second-order valence-electron chi connectivity index (χ2n) is 3.96. The maximum atomic E-state index is 11.8. The molecule has 1 rings (SSSR count). The molecule has 0 spiro atoms. The van der Waals surface area contributed by atoms with E-state index in [1.54, 1.807) is 6.07 Å². The van der Waals surface area contributed by atoms with E-state index >= 15 is 0 Å². The van der Waals surface area contributed by atoms with E-state index in [9.17, 15) is 4.79 Å². The van der Waals surface area contributed by atoms with E-state index in [0.717, 1.165) is 27.5 Å². The second-order valence-corrected chi connectivity index (χ2v) is 5.73. The highest BCUT2D eigenvalue weighted by Crippen LogP contribution is 2.32. The van der Waals surface area contributed by atoms with Crippen LogP contribution in [-0.4, -0.2) is 19.1 Å². The van der Waals surface area contributed by atoms with E-state index in [2.05, 4.69) is 51.0 Å². The summed E-state index contributed by atoms with van der Waals surface area (Å²) in [4.78, 5) is 11.8. The van der Waals surface area contributed by atoms with Crippen molar-refractivity contribution in [2.75, 3.05) is 12.4 Å². The van der Waals surface area contributed by atoms with E-state index in [1.807, 2.05) is 6.07 Å². The van der Waals surface area contributed by atoms with E-state index in [1.165, 1.54) is 7.11 Å². The van der Waals surface area contributed by atoms with Crippen molar-refractivity contribution in [1.82, 2.24) is 0 Å². The topological polar surface area (TPSA) is 38.3 Å². The average molecular weight is 379 g/mol. The summed E-state index contributed by atoms with van der Waals surface area (Å²) in [5, 5.41) is 3.39. The Labute approximate surface area is 125 Å². The number of hydrogen-bond donors (Lipinski definition) is 1. The predicted molar refractivity (Wildman–Crippen MR) is 81.2 cm³/mol. The summed E-state index contributed by atoms with van der Waals surface area (Å²) in [5.74, 6) is -0.342. The van der Waals surface area contributed by atoms with Gasteiger partial charge in [-0.25, -0.2) is 4.79 Å². The molecule has 1 N–H and O–H groups in total. The van der Waals surface area contributed by atoms with Gasteiger partial charge in [-0.15, -0.1) is 0 Å². The van der Waals surface area contributed by atoms with Crippen molar-refractivity contribution >= 4 is 43.5 Å². The van der Waals surface area contributed by atoms with Crippen LogP contribution in [0, 0.1) is 0 Å². The molecule has 0 aromatic heterocycles. The fraction of sp³-hybridized carbons (Fsp3) is 0.462. The monoisotopic (exact) mass is 377 g/mol. The number of hydrogen-bond acceptors (Lipinski definition) is 3. The van der Waals surface area contributed by atoms with Crippen LogP contribution in [0.2, 0.25) is 0 Å². The molecular formula is C13H17Br2NO2. The van der Waals surface area contributed by atoms with Crippen LogP contribution < -0.4 is 5.32 Å². The third-order valence-electron chi connectivity index (χ3n) is 2.79. The van der Waals surface area contributed by atoms with Crippen molar-refractivity contribution in [3.05, 3.63) is 26.6 Å². The summed E-state index contributed by atoms with van der Waals surface area (Å²) >= 11 is 6.86. The number of nitrogens with one attached hydrogen (secondary N) is 1. The average Bonchev–Trinajstić information content (AvgIpc) is 2.36. The standard InChI is InChI=1S/C13H17Br2NO2/c1-4-9(5-2)16-12-10(13(17)18-3)6-8(14)7-11(12)15/h6-7,9,16H,4-5H2,1-3H3. The summed E-state index contributed by atoms with van der Waals surface area (Å²) < 4.78 is 6.50. The predicted octanol–water partition coefficient (Wildman–Crippen LogP) is 4.60. The Morgan fingerprint density at radius 2 is 1.94 bits per heavy atom. The molecule has 100 valence electrons. The molecule has 1 aromatic carbocycles. The van der Waals surface area contributed by atoms with Gasteiger partial charge in [-0.3, -0.25) is 0 Å². The molecule has 0 heterocycles. The van der Waals surface area contributed by atoms with Crippen LogP contribution in [0.25, 0.3) is 0 Å². The van der Waals surface area contributed by atoms with Gasteiger partial charge in [0.15, 0.2) is 0 Å². The number of anilines is 1. The SMILES string of the molecule is CCC(CC)Nc1c(Br)cc(Br)cc1C(=O)OC. The van der Waals surface area contributed by atoms with Gasteiger partial charge < -0.3 is 10.1 Å². The lowest BCUT2D eigenvalue weighted by Gasteiger charge is -2.20. The number of carbonyl (C=O) groups excluding carboxylic acids is 1. The Bertz CT molecular complexity index is 431. The molecule has 0 saturated heterocycles. The van der Waals surface area contributed by atoms with Crippen LogP contribution in [0.3, 0.4) is 0 Å². The zero-order valence-electron chi connectivity index (χ0n) is 10.7. The van der Waals surface area contributed by atoms with E-state index in [0.29, 0.717) is 11.6 Å². The molecule has 0 aliphatic rings. The molecule has 0 aliphatic carbocycles. The number of halogens is 2. The van der Waals surface area contributed by atoms with Crippen molar-refractivity contribution < 1.29 is 9.53 Å². The van der Waals surface area contributed by atoms with E-state index in [-0.39, 0.29) is 5.97 Å². The Morgan fingerprint density at radius 1 is 1.33 bits per heavy atom. The first-order valence-electron chi connectivity index (χ1n) is 5.87. The number of rotatable bonds is 5. The number of ether oxygens (including phenoxy) is 1. The summed E-state index contributed by atoms with van der Waals surface area (Å²) in [6.45, 7) is 4.23. The van der Waals surface area contributed by atoms with Gasteiger partial charge in [0.05, 0.1) is 18.4 Å². The summed E-state index contributed by atoms with van der Waals surface area (Å²) in [5.41, 5.74) is 1.32. The lowest BCUT2D eigenvalue weighted by molar-refractivity contribution is 0.0601. The van der Waals surface area contributed by atoms with Gasteiger partial charge in [-0.1, -0.05) is 29.8 Å². The minimum absolute atomic E-state index is 0.339. The first-order valence-corrected chi connectivity index (χ1v) is 7.45. The molecule has 0 unspecified atom stereocenters. The molecule has 18 heavy (non-hydrogen) atoms. The maximum absolute atomic E-state index is 11.8. The lowest BCUT2D eigenvalue weighted by Crippen LogP contribution is -2.20. The van der Waals surface area contributed by atoms with Gasteiger partial charge in [0.2, 0.25) is 0 Å². The smallest absolute Gasteiger partial charge is 0.340 e. The quantitative estimate of drug-likeness (QED) is 0.761. The molecule has 0 bridgehead atoms. The molecule has 1 aromatic rings. The zero-order valence-corrected chi connectivity index (χ0v) is 13.9. The molecule has 5 heteroatoms. The van der Waals surface area contributed by atoms with Gasteiger partial charge in [0.1, 0.15) is 0 Å². The first-order chi connectivity index (χ1) is 8.53. The third kappa shape index (κ3) is 3.72. The minimum Gasteiger partial charge on any atom is -0.465 e. The highest BCUT2D eigenvalue weighted by Gasteiger charge is 2.17. The van der Waals surface area contributed by atoms with Crippen molar-refractivity contribution in [2.24, 2.45) is 0 Å². The lowest BCUT2D eigenvalue weighted by atomic mass is 10.1. The van der Waals surface area contributed by atoms with Gasteiger partial charge in [0.25, 0.3) is 0 Å². The Morgan fingerprint density at radius 3 is 2.44 bits per heavy atom. The third-order valence-corrected chi connectivity index (χ3v) is 3.88. The number of methoxy groups -OCH3 is 1. The van der Waals surface area contributed by atoms with Crippen molar-refractivity contribution in [1.29, 1.82) is 0 Å². The van der Waals surface area contributed by atoms with Crippen LogP contribution >= 0.6 is 31.9 Å². The maximum Gasteiger partial charge on any atom is 0.340 e. The molecule has 0 atom stereocenters. The molecule has 3 nitrogen and oxygen atoms in total. The molecule has 0 amide bonds. The Hall–Kier alpha value is -0.550. The summed E-state index contributed by atoms with van der Waals surface area (Å²) in [6.07, 6.45) is 2.00. The summed E-state index contributed by atoms with van der Waals surface area (Å²) in [6, 6.07) is 4.02. The van der Waals surface area contributed by atoms with Gasteiger partial charge in [-0.2, -0.15) is 0 Å². The Balaban J connectivity index is 3.19. The van der Waals surface area contributed by atoms with Crippen LogP contribution in [-0.2, 0) is 4.74 Å². The number of esters is 1. The van der Waals surface area contributed by atoms with Crippen LogP contribution in [0.1, 0.15) is 37.0 Å². The normalized spacial score (nSPS) is 10.6. The number of benzene rings is 1. The first kappa shape index (κ1) is 15.5. The highest BCUT2D eigenvalue weighted by molar-refractivity contribution is 9.11. The van der Waals surface area contributed by atoms with E-state index < -0.39 is 0 Å². The highest BCUT2D eigenvalue weighted by atomic mass is 79.9. The molecule has 0 saturated carbocycles. The fourth-order valence-corrected chi connectivity index (χ4v) is 3.03. The largest absolute Gasteiger partial charge is 0.465 e. The molecule has 0 fully saturated rings. The van der Waals surface area contributed by atoms with Crippen LogP contribution in [0.4, 0.5) is 5.69 Å². The summed E-state index contributed by atoms with van der Waals surface area (Å²) in [7, 11) is 1.39. The second kappa shape index (κ2) is 7.14. The van der Waals surface area contributed by atoms with Crippen molar-refractivity contribution in [3.8, 4) is 0 Å². The van der Waals surface area contributed by atoms with Crippen molar-refractivity contribution in [3.63, 3.8) is 0 Å². The molecule has 0 aliphatic heterocycles. The molecular weight excluding hydrogens is 362 g/mol. The van der Waals surface area contributed by atoms with Crippen LogP contribution in [0.15, 0.2) is 21.1 Å². The van der Waals surface area contributed by atoms with Crippen LogP contribution in [0.5, 0.6) is 0 Å². The van der Waals surface area contributed by atoms with E-state index in [4.69, 9.17) is 4.74 Å². The fourth-order valence-electron chi connectivity index (χ4n) is 1.69. The van der Waals surface area contributed by atoms with Gasteiger partial charge in [-0.05, 0) is 40.9 Å². The van der Waals surface area contributed by atoms with Crippen molar-refractivity contribution in [2.45, 2.75) is 32.7 Å². The Kier molecular flexibility index (Phi) is 6.15. The minimum atomic E-state index is -0.342. The van der Waals surface area contributed by atoms with Gasteiger partial charge in [0, 0.05) is 15.0 Å². The molecule has 0 radical (unpaired) electrons. The zero-order chi connectivity index (χ0) is 13.7. The number of carbonyl (C=O) groups is 1.